The number of fused-ring (bicyclic) bond motifs is 1. The predicted molar refractivity (Wildman–Crippen MR) is 137 cm³/mol. The molecule has 1 aliphatic heterocycles. The highest BCUT2D eigenvalue weighted by Crippen LogP contribution is 2.38. The van der Waals surface area contributed by atoms with E-state index < -0.39 is 20.7 Å². The van der Waals surface area contributed by atoms with E-state index in [1.54, 1.807) is 19.3 Å². The molecule has 11 heteroatoms. The molecule has 0 radical (unpaired) electrons. The predicted octanol–water partition coefficient (Wildman–Crippen LogP) is 4.51. The number of pyridine rings is 1. The van der Waals surface area contributed by atoms with Crippen LogP contribution >= 0.6 is 19.9 Å². The van der Waals surface area contributed by atoms with Crippen LogP contribution in [0, 0.1) is 0 Å². The van der Waals surface area contributed by atoms with Crippen molar-refractivity contribution in [3.8, 4) is 11.3 Å². The Hall–Kier alpha value is -3.01. The molecule has 9 nitrogen and oxygen atoms in total. The normalized spacial score (nSPS) is 16.6. The van der Waals surface area contributed by atoms with Gasteiger partial charge in [0.1, 0.15) is 6.04 Å². The molecule has 2 amide bonds. The van der Waals surface area contributed by atoms with Crippen LogP contribution in [0.4, 0.5) is 9.93 Å². The zero-order valence-corrected chi connectivity index (χ0v) is 20.3. The number of allylic oxidation sites excluding steroid dienone is 1. The fourth-order valence-corrected chi connectivity index (χ4v) is 5.01. The highest BCUT2D eigenvalue weighted by atomic mass is 32.1. The molecule has 2 atom stereocenters. The van der Waals surface area contributed by atoms with Gasteiger partial charge in [-0.25, -0.2) is 9.78 Å². The maximum atomic E-state index is 12.0. The summed E-state index contributed by atoms with van der Waals surface area (Å²) in [6.45, 7) is 8.17. The molecule has 4 N–H and O–H groups in total. The zero-order valence-electron chi connectivity index (χ0n) is 18.6. The molecule has 1 aromatic carbocycles. The van der Waals surface area contributed by atoms with Gasteiger partial charge in [-0.05, 0) is 60.9 Å². The minimum absolute atomic E-state index is 0.309. The molecule has 0 bridgehead atoms. The third kappa shape index (κ3) is 5.38. The molecule has 0 saturated carbocycles. The van der Waals surface area contributed by atoms with E-state index in [-0.39, 0.29) is 6.03 Å². The largest absolute Gasteiger partial charge is 0.338 e. The minimum atomic E-state index is -2.48. The lowest BCUT2D eigenvalue weighted by molar-refractivity contribution is 0.173. The smallest absolute Gasteiger partial charge is 0.327 e. The van der Waals surface area contributed by atoms with Gasteiger partial charge < -0.3 is 19.6 Å². The Morgan fingerprint density at radius 1 is 1.35 bits per heavy atom. The van der Waals surface area contributed by atoms with Crippen molar-refractivity contribution in [2.45, 2.75) is 26.0 Å². The van der Waals surface area contributed by atoms with Crippen LogP contribution in [0.2, 0.25) is 0 Å². The number of nitrogens with zero attached hydrogens (tertiary/aromatic N) is 3. The van der Waals surface area contributed by atoms with Crippen LogP contribution < -0.4 is 10.6 Å². The first-order valence-electron chi connectivity index (χ1n) is 10.5. The van der Waals surface area contributed by atoms with Crippen molar-refractivity contribution in [1.29, 1.82) is 0 Å². The average Bonchev–Trinajstić information content (AvgIpc) is 3.20. The summed E-state index contributed by atoms with van der Waals surface area (Å²) in [5.74, 6) is 0. The monoisotopic (exact) mass is 497 g/mol. The number of carbonyl (C=O) groups is 1. The number of carbonyl (C=O) groups excluding carboxylic acids is 1. The molecule has 1 aliphatic rings. The third-order valence-corrected chi connectivity index (χ3v) is 6.66. The second-order valence-corrected chi connectivity index (χ2v) is 9.27. The molecule has 0 fully saturated rings. The van der Waals surface area contributed by atoms with E-state index in [9.17, 15) is 4.79 Å². The molecule has 4 rings (SSSR count). The van der Waals surface area contributed by atoms with Gasteiger partial charge in [0.05, 0.1) is 22.0 Å². The first-order chi connectivity index (χ1) is 16.4. The van der Waals surface area contributed by atoms with Crippen LogP contribution in [0.1, 0.15) is 19.4 Å². The summed E-state index contributed by atoms with van der Waals surface area (Å²) in [7, 11) is -2.48. The summed E-state index contributed by atoms with van der Waals surface area (Å²) >= 11 is 1.38. The molecule has 3 aromatic rings. The first kappa shape index (κ1) is 24.1. The lowest BCUT2D eigenvalue weighted by atomic mass is 9.94. The Morgan fingerprint density at radius 3 is 2.85 bits per heavy atom. The standard InChI is InChI=1S/C23H24N5O4PS/c1-4-24-22(29)28-23-27-19-11-15(10-17(21(19)34-23)18-7-5-6-8-25-18)16-9-13(2)20(26-12-16)14(3)32-33(30)31/h5-12,14,20,30-31H,2,4H2,1,3H3,(H2,24,27,28,29). The molecule has 34 heavy (non-hydrogen) atoms. The third-order valence-electron chi connectivity index (χ3n) is 5.12. The van der Waals surface area contributed by atoms with Crippen LogP contribution in [0.25, 0.3) is 27.0 Å². The number of anilines is 1. The molecule has 3 heterocycles. The van der Waals surface area contributed by atoms with Gasteiger partial charge in [0, 0.05) is 24.5 Å². The Labute approximate surface area is 201 Å². The van der Waals surface area contributed by atoms with Crippen molar-refractivity contribution >= 4 is 53.1 Å². The number of thiazole rings is 1. The molecule has 0 aliphatic carbocycles. The van der Waals surface area contributed by atoms with E-state index in [4.69, 9.17) is 14.3 Å². The van der Waals surface area contributed by atoms with Crippen LogP contribution in [0.3, 0.4) is 0 Å². The molecule has 0 saturated heterocycles. The number of nitrogens with one attached hydrogen (secondary N) is 2. The van der Waals surface area contributed by atoms with Crippen molar-refractivity contribution in [2.75, 3.05) is 11.9 Å². The molecule has 0 spiro atoms. The highest BCUT2D eigenvalue weighted by molar-refractivity contribution is 7.39. The van der Waals surface area contributed by atoms with Crippen LogP contribution in [0.15, 0.2) is 59.7 Å². The van der Waals surface area contributed by atoms with E-state index in [1.807, 2.05) is 43.3 Å². The number of rotatable bonds is 7. The van der Waals surface area contributed by atoms with Crippen LogP contribution in [0.5, 0.6) is 0 Å². The van der Waals surface area contributed by atoms with Gasteiger partial charge in [0.25, 0.3) is 0 Å². The van der Waals surface area contributed by atoms with E-state index >= 15 is 0 Å². The van der Waals surface area contributed by atoms with E-state index in [1.165, 1.54) is 11.3 Å². The van der Waals surface area contributed by atoms with Gasteiger partial charge in [0.15, 0.2) is 5.13 Å². The van der Waals surface area contributed by atoms with Crippen molar-refractivity contribution in [3.63, 3.8) is 0 Å². The van der Waals surface area contributed by atoms with Gasteiger partial charge in [-0.1, -0.05) is 24.0 Å². The quantitative estimate of drug-likeness (QED) is 0.356. The summed E-state index contributed by atoms with van der Waals surface area (Å²) in [6.07, 6.45) is 4.82. The Bertz CT molecular complexity index is 1280. The van der Waals surface area contributed by atoms with E-state index in [0.717, 1.165) is 32.6 Å². The zero-order chi connectivity index (χ0) is 24.2. The minimum Gasteiger partial charge on any atom is -0.338 e. The summed E-state index contributed by atoms with van der Waals surface area (Å²) in [5.41, 5.74) is 4.78. The first-order valence-corrected chi connectivity index (χ1v) is 12.5. The van der Waals surface area contributed by atoms with E-state index in [2.05, 4.69) is 32.2 Å². The molecular formula is C23H24N5O4PS. The number of amides is 2. The van der Waals surface area contributed by atoms with Gasteiger partial charge in [-0.15, -0.1) is 0 Å². The highest BCUT2D eigenvalue weighted by Gasteiger charge is 2.25. The summed E-state index contributed by atoms with van der Waals surface area (Å²) < 4.78 is 6.01. The van der Waals surface area contributed by atoms with Crippen molar-refractivity contribution in [2.24, 2.45) is 4.99 Å². The van der Waals surface area contributed by atoms with E-state index in [0.29, 0.717) is 17.2 Å². The van der Waals surface area contributed by atoms with Gasteiger partial charge in [0.2, 0.25) is 0 Å². The summed E-state index contributed by atoms with van der Waals surface area (Å²) in [6, 6.07) is 8.93. The van der Waals surface area contributed by atoms with Gasteiger partial charge >= 0.3 is 14.6 Å². The second kappa shape index (κ2) is 10.5. The van der Waals surface area contributed by atoms with Crippen LogP contribution in [-0.2, 0) is 4.52 Å². The topological polar surface area (TPSA) is 129 Å². The number of aliphatic imine (C=N–C) groups is 1. The number of hydrogen-bond acceptors (Lipinski definition) is 8. The maximum Gasteiger partial charge on any atom is 0.327 e. The summed E-state index contributed by atoms with van der Waals surface area (Å²) in [4.78, 5) is 44.0. The lowest BCUT2D eigenvalue weighted by Gasteiger charge is -2.24. The molecule has 176 valence electrons. The van der Waals surface area contributed by atoms with Crippen molar-refractivity contribution in [1.82, 2.24) is 15.3 Å². The number of dihydropyridines is 1. The number of aromatic nitrogens is 2. The van der Waals surface area contributed by atoms with Gasteiger partial charge in [-0.2, -0.15) is 0 Å². The number of benzene rings is 1. The second-order valence-electron chi connectivity index (χ2n) is 7.55. The fourth-order valence-electron chi connectivity index (χ4n) is 3.63. The molecule has 2 aromatic heterocycles. The van der Waals surface area contributed by atoms with Crippen LogP contribution in [-0.4, -0.2) is 50.7 Å². The van der Waals surface area contributed by atoms with Crippen molar-refractivity contribution in [3.05, 3.63) is 60.3 Å². The molecule has 2 unspecified atom stereocenters. The molecular weight excluding hydrogens is 473 g/mol. The Morgan fingerprint density at radius 2 is 2.18 bits per heavy atom. The van der Waals surface area contributed by atoms with Crippen molar-refractivity contribution < 1.29 is 19.1 Å². The lowest BCUT2D eigenvalue weighted by Crippen LogP contribution is -2.28. The number of urea groups is 1. The number of hydrogen-bond donors (Lipinski definition) is 4. The maximum absolute atomic E-state index is 12.0. The average molecular weight is 498 g/mol. The Kier molecular flexibility index (Phi) is 7.45. The Balaban J connectivity index is 1.73. The van der Waals surface area contributed by atoms with Gasteiger partial charge in [-0.3, -0.25) is 15.3 Å². The summed E-state index contributed by atoms with van der Waals surface area (Å²) in [5, 5.41) is 5.97. The fraction of sp³-hybridized carbons (Fsp3) is 0.217. The SMILES string of the molecule is C=C1C=C(c2cc(-c3ccccn3)c3sc(NC(=O)NCC)nc3c2)C=NC1C(C)OP(O)O.